The van der Waals surface area contributed by atoms with Crippen molar-refractivity contribution in [2.45, 2.75) is 56.0 Å². The lowest BCUT2D eigenvalue weighted by Crippen LogP contribution is -2.29. The zero-order valence-electron chi connectivity index (χ0n) is 11.0. The Kier molecular flexibility index (Phi) is 4.68. The summed E-state index contributed by atoms with van der Waals surface area (Å²) in [5, 5.41) is 16.3. The number of H-pyrrole nitrogens is 1. The third kappa shape index (κ3) is 3.20. The van der Waals surface area contributed by atoms with Gasteiger partial charge in [-0.15, -0.1) is 5.10 Å². The second kappa shape index (κ2) is 6.27. The first-order valence-electron chi connectivity index (χ1n) is 6.68. The molecule has 1 saturated carbocycles. The first-order chi connectivity index (χ1) is 9.13. The van der Waals surface area contributed by atoms with Gasteiger partial charge in [-0.3, -0.25) is 9.36 Å². The van der Waals surface area contributed by atoms with Gasteiger partial charge in [-0.2, -0.15) is 0 Å². The van der Waals surface area contributed by atoms with Crippen LogP contribution in [0.1, 0.15) is 39.0 Å². The van der Waals surface area contributed by atoms with Crippen molar-refractivity contribution in [2.75, 3.05) is 0 Å². The van der Waals surface area contributed by atoms with Crippen molar-refractivity contribution in [1.82, 2.24) is 14.8 Å². The Morgan fingerprint density at radius 2 is 2.26 bits per heavy atom. The van der Waals surface area contributed by atoms with Crippen molar-refractivity contribution in [3.63, 3.8) is 0 Å². The summed E-state index contributed by atoms with van der Waals surface area (Å²) in [5.41, 5.74) is -0.216. The maximum atomic E-state index is 11.6. The van der Waals surface area contributed by atoms with Gasteiger partial charge in [0, 0.05) is 11.8 Å². The summed E-state index contributed by atoms with van der Waals surface area (Å²) in [6, 6.07) is 0. The number of hydrogen-bond acceptors (Lipinski definition) is 4. The van der Waals surface area contributed by atoms with E-state index in [9.17, 15) is 14.7 Å². The van der Waals surface area contributed by atoms with Gasteiger partial charge in [-0.1, -0.05) is 31.5 Å². The van der Waals surface area contributed by atoms with Gasteiger partial charge in [0.15, 0.2) is 5.16 Å². The van der Waals surface area contributed by atoms with Gasteiger partial charge >= 0.3 is 11.7 Å². The van der Waals surface area contributed by atoms with Crippen LogP contribution in [0, 0.1) is 5.92 Å². The van der Waals surface area contributed by atoms with Gasteiger partial charge in [0.25, 0.3) is 0 Å². The molecule has 1 aliphatic carbocycles. The number of nitrogens with zero attached hydrogens (tertiary/aromatic N) is 2. The van der Waals surface area contributed by atoms with Crippen LogP contribution in [0.25, 0.3) is 0 Å². The second-order valence-electron chi connectivity index (χ2n) is 4.85. The molecule has 0 spiro atoms. The van der Waals surface area contributed by atoms with Gasteiger partial charge in [0.05, 0.1) is 5.92 Å². The number of aromatic nitrogens is 3. The Morgan fingerprint density at radius 1 is 1.53 bits per heavy atom. The van der Waals surface area contributed by atoms with Crippen LogP contribution < -0.4 is 5.69 Å². The molecule has 2 unspecified atom stereocenters. The molecule has 19 heavy (non-hydrogen) atoms. The summed E-state index contributed by atoms with van der Waals surface area (Å²) in [6.07, 6.45) is 4.45. The van der Waals surface area contributed by atoms with E-state index in [2.05, 4.69) is 10.2 Å². The topological polar surface area (TPSA) is 88.0 Å². The van der Waals surface area contributed by atoms with Crippen LogP contribution in [0.15, 0.2) is 9.95 Å². The number of aliphatic carboxylic acids is 1. The minimum atomic E-state index is -0.739. The van der Waals surface area contributed by atoms with E-state index in [0.29, 0.717) is 11.7 Å². The summed E-state index contributed by atoms with van der Waals surface area (Å²) in [7, 11) is 0. The Labute approximate surface area is 115 Å². The van der Waals surface area contributed by atoms with Crippen LogP contribution in [-0.4, -0.2) is 31.1 Å². The summed E-state index contributed by atoms with van der Waals surface area (Å²) >= 11 is 1.43. The molecule has 0 bridgehead atoms. The number of aromatic amines is 1. The average molecular weight is 285 g/mol. The molecular weight excluding hydrogens is 266 g/mol. The quantitative estimate of drug-likeness (QED) is 0.860. The van der Waals surface area contributed by atoms with Gasteiger partial charge in [-0.05, 0) is 19.3 Å². The predicted molar refractivity (Wildman–Crippen MR) is 72.4 cm³/mol. The molecule has 1 fully saturated rings. The largest absolute Gasteiger partial charge is 0.481 e. The molecule has 0 amide bonds. The number of nitrogens with one attached hydrogen (secondary N) is 1. The Bertz CT molecular complexity index is 497. The lowest BCUT2D eigenvalue weighted by atomic mass is 9.89. The van der Waals surface area contributed by atoms with Crippen molar-refractivity contribution >= 4 is 17.7 Å². The normalized spacial score (nSPS) is 23.4. The maximum absolute atomic E-state index is 11.6. The van der Waals surface area contributed by atoms with Crippen LogP contribution in [-0.2, 0) is 11.3 Å². The molecule has 1 aromatic rings. The van der Waals surface area contributed by atoms with E-state index in [-0.39, 0.29) is 16.9 Å². The first kappa shape index (κ1) is 14.2. The second-order valence-corrected chi connectivity index (χ2v) is 6.05. The monoisotopic (exact) mass is 285 g/mol. The van der Waals surface area contributed by atoms with Gasteiger partial charge in [0.1, 0.15) is 0 Å². The van der Waals surface area contributed by atoms with E-state index in [1.165, 1.54) is 11.8 Å². The van der Waals surface area contributed by atoms with Crippen LogP contribution in [0.4, 0.5) is 0 Å². The lowest BCUT2D eigenvalue weighted by molar-refractivity contribution is -0.142. The molecule has 2 rings (SSSR count). The van der Waals surface area contributed by atoms with Gasteiger partial charge < -0.3 is 5.11 Å². The minimum Gasteiger partial charge on any atom is -0.481 e. The van der Waals surface area contributed by atoms with Crippen molar-refractivity contribution in [3.05, 3.63) is 10.5 Å². The van der Waals surface area contributed by atoms with Gasteiger partial charge in [-0.25, -0.2) is 9.89 Å². The van der Waals surface area contributed by atoms with Crippen molar-refractivity contribution in [1.29, 1.82) is 0 Å². The van der Waals surface area contributed by atoms with E-state index in [0.717, 1.165) is 32.1 Å². The molecule has 1 aliphatic rings. The number of hydrogen-bond donors (Lipinski definition) is 2. The summed E-state index contributed by atoms with van der Waals surface area (Å²) in [4.78, 5) is 22.9. The molecule has 2 atom stereocenters. The number of thioether (sulfide) groups is 1. The third-order valence-corrected chi connectivity index (χ3v) is 4.84. The fourth-order valence-electron chi connectivity index (χ4n) is 2.47. The van der Waals surface area contributed by atoms with E-state index in [4.69, 9.17) is 0 Å². The standard InChI is InChI=1S/C12H19N3O3S/c1-2-7-15-11(18)13-14-12(15)19-9-6-4-3-5-8(9)10(16)17/h8-9H,2-7H2,1H3,(H,13,18)(H,16,17). The SMILES string of the molecule is CCCn1c(SC2CCCCC2C(=O)O)n[nH]c1=O. The minimum absolute atomic E-state index is 0.0112. The fourth-order valence-corrected chi connectivity index (χ4v) is 3.84. The molecule has 0 radical (unpaired) electrons. The van der Waals surface area contributed by atoms with E-state index in [1.807, 2.05) is 6.92 Å². The van der Waals surface area contributed by atoms with Gasteiger partial charge in [0.2, 0.25) is 0 Å². The molecule has 0 saturated heterocycles. The first-order valence-corrected chi connectivity index (χ1v) is 7.56. The van der Waals surface area contributed by atoms with E-state index < -0.39 is 5.97 Å². The maximum Gasteiger partial charge on any atom is 0.343 e. The van der Waals surface area contributed by atoms with E-state index in [1.54, 1.807) is 4.57 Å². The summed E-state index contributed by atoms with van der Waals surface area (Å²) in [5.74, 6) is -1.07. The number of carboxylic acid groups (broad SMARTS) is 1. The van der Waals surface area contributed by atoms with Crippen molar-refractivity contribution < 1.29 is 9.90 Å². The van der Waals surface area contributed by atoms with Crippen LogP contribution >= 0.6 is 11.8 Å². The highest BCUT2D eigenvalue weighted by Gasteiger charge is 2.32. The fraction of sp³-hybridized carbons (Fsp3) is 0.750. The number of carbonyl (C=O) groups is 1. The predicted octanol–water partition coefficient (Wildman–Crippen LogP) is 1.72. The lowest BCUT2D eigenvalue weighted by Gasteiger charge is -2.27. The molecule has 0 aliphatic heterocycles. The average Bonchev–Trinajstić information content (AvgIpc) is 2.72. The van der Waals surface area contributed by atoms with Crippen LogP contribution in [0.5, 0.6) is 0 Å². The summed E-state index contributed by atoms with van der Waals surface area (Å²) < 4.78 is 1.60. The summed E-state index contributed by atoms with van der Waals surface area (Å²) in [6.45, 7) is 2.61. The van der Waals surface area contributed by atoms with Crippen LogP contribution in [0.3, 0.4) is 0 Å². The molecule has 1 heterocycles. The number of rotatable bonds is 5. The molecule has 6 nitrogen and oxygen atoms in total. The van der Waals surface area contributed by atoms with E-state index >= 15 is 0 Å². The molecule has 106 valence electrons. The Morgan fingerprint density at radius 3 is 2.95 bits per heavy atom. The Hall–Kier alpha value is -1.24. The third-order valence-electron chi connectivity index (χ3n) is 3.45. The molecule has 0 aromatic carbocycles. The highest BCUT2D eigenvalue weighted by atomic mass is 32.2. The molecule has 7 heteroatoms. The van der Waals surface area contributed by atoms with Crippen molar-refractivity contribution in [3.8, 4) is 0 Å². The highest BCUT2D eigenvalue weighted by Crippen LogP contribution is 2.36. The highest BCUT2D eigenvalue weighted by molar-refractivity contribution is 7.99. The van der Waals surface area contributed by atoms with Crippen molar-refractivity contribution in [2.24, 2.45) is 5.92 Å². The molecule has 1 aromatic heterocycles. The molecule has 2 N–H and O–H groups in total. The molecular formula is C12H19N3O3S. The smallest absolute Gasteiger partial charge is 0.343 e. The number of carboxylic acids is 1. The zero-order chi connectivity index (χ0) is 13.8. The van der Waals surface area contributed by atoms with Crippen LogP contribution in [0.2, 0.25) is 0 Å². The zero-order valence-corrected chi connectivity index (χ0v) is 11.8. The Balaban J connectivity index is 2.15.